The van der Waals surface area contributed by atoms with Gasteiger partial charge >= 0.3 is 0 Å². The Hall–Kier alpha value is -3.56. The van der Waals surface area contributed by atoms with Crippen molar-refractivity contribution in [2.75, 3.05) is 11.5 Å². The number of anilines is 1. The number of Topliss-reactive ketones (excluding diaryl/α,β-unsaturated/α-hetero) is 1. The van der Waals surface area contributed by atoms with E-state index in [0.29, 0.717) is 27.9 Å². The van der Waals surface area contributed by atoms with Gasteiger partial charge in [-0.25, -0.2) is 9.97 Å². The van der Waals surface area contributed by atoms with Gasteiger partial charge in [-0.15, -0.1) is 11.3 Å². The van der Waals surface area contributed by atoms with E-state index in [1.807, 2.05) is 56.3 Å². The molecule has 1 unspecified atom stereocenters. The highest BCUT2D eigenvalue weighted by Crippen LogP contribution is 2.45. The molecule has 7 nitrogen and oxygen atoms in total. The second-order valence-electron chi connectivity index (χ2n) is 9.76. The van der Waals surface area contributed by atoms with E-state index in [4.69, 9.17) is 9.72 Å². The van der Waals surface area contributed by atoms with Crippen molar-refractivity contribution in [1.82, 2.24) is 9.97 Å². The molecule has 1 N–H and O–H groups in total. The van der Waals surface area contributed by atoms with E-state index in [-0.39, 0.29) is 5.57 Å². The summed E-state index contributed by atoms with van der Waals surface area (Å²) in [5.74, 6) is -0.877. The lowest BCUT2D eigenvalue weighted by atomic mass is 9.95. The number of aliphatic hydroxyl groups is 1. The van der Waals surface area contributed by atoms with Crippen molar-refractivity contribution in [2.24, 2.45) is 0 Å². The lowest BCUT2D eigenvalue weighted by Crippen LogP contribution is -2.31. The van der Waals surface area contributed by atoms with Gasteiger partial charge in [-0.3, -0.25) is 14.5 Å². The third kappa shape index (κ3) is 5.33. The number of hydrogen-bond donors (Lipinski definition) is 1. The highest BCUT2D eigenvalue weighted by Gasteiger charge is 2.46. The summed E-state index contributed by atoms with van der Waals surface area (Å²) in [7, 11) is 0. The summed E-state index contributed by atoms with van der Waals surface area (Å²) in [5.41, 5.74) is 3.14. The Morgan fingerprint density at radius 2 is 1.79 bits per heavy atom. The molecule has 9 heteroatoms. The molecule has 5 rings (SSSR count). The molecule has 2 aromatic heterocycles. The molecule has 4 aromatic rings. The zero-order valence-corrected chi connectivity index (χ0v) is 24.1. The second-order valence-corrected chi connectivity index (χ2v) is 12.0. The van der Waals surface area contributed by atoms with Crippen LogP contribution < -0.4 is 9.64 Å². The molecule has 202 valence electrons. The second kappa shape index (κ2) is 11.3. The molecule has 0 radical (unpaired) electrons. The number of amides is 1. The van der Waals surface area contributed by atoms with E-state index >= 15 is 0 Å². The molecule has 0 saturated carbocycles. The average Bonchev–Trinajstić information content (AvgIpc) is 3.56. The summed E-state index contributed by atoms with van der Waals surface area (Å²) < 4.78 is 6.84. The number of rotatable bonds is 10. The van der Waals surface area contributed by atoms with Crippen molar-refractivity contribution < 1.29 is 19.4 Å². The molecule has 1 atom stereocenters. The lowest BCUT2D eigenvalue weighted by molar-refractivity contribution is -0.117. The first-order valence-electron chi connectivity index (χ1n) is 13.1. The zero-order valence-electron chi connectivity index (χ0n) is 22.5. The number of aliphatic hydroxyl groups excluding tert-OH is 1. The number of benzene rings is 2. The van der Waals surface area contributed by atoms with Crippen LogP contribution in [0.15, 0.2) is 53.8 Å². The van der Waals surface area contributed by atoms with Crippen LogP contribution in [-0.4, -0.2) is 33.4 Å². The Morgan fingerprint density at radius 1 is 1.03 bits per heavy atom. The molecule has 0 bridgehead atoms. The number of ether oxygens (including phenoxy) is 1. The SMILES string of the molecule is CCCCCCOc1ccc(C2C(C(=O)c3sc(C)nc3C)=C(O)C(=O)N2c2nc3ccc(C)cc3s2)cc1. The highest BCUT2D eigenvalue weighted by atomic mass is 32.1. The lowest BCUT2D eigenvalue weighted by Gasteiger charge is -2.24. The summed E-state index contributed by atoms with van der Waals surface area (Å²) in [6, 6.07) is 12.4. The zero-order chi connectivity index (χ0) is 27.7. The standard InChI is InChI=1S/C30H31N3O4S2/c1-5-6-7-8-15-37-21-12-10-20(11-13-21)25-24(26(34)28-18(3)31-19(4)38-28)27(35)29(36)33(25)30-32-22-14-9-17(2)16-23(22)39-30/h9-14,16,25,35H,5-8,15H2,1-4H3. The van der Waals surface area contributed by atoms with Crippen LogP contribution in [0.25, 0.3) is 10.2 Å². The minimum Gasteiger partial charge on any atom is -0.503 e. The van der Waals surface area contributed by atoms with E-state index in [2.05, 4.69) is 11.9 Å². The van der Waals surface area contributed by atoms with Gasteiger partial charge < -0.3 is 9.84 Å². The van der Waals surface area contributed by atoms with Gasteiger partial charge in [0.05, 0.1) is 44.0 Å². The topological polar surface area (TPSA) is 92.6 Å². The fraction of sp³-hybridized carbons (Fsp3) is 0.333. The molecular formula is C30H31N3O4S2. The Balaban J connectivity index is 1.53. The monoisotopic (exact) mass is 561 g/mol. The third-order valence-corrected chi connectivity index (χ3v) is 8.85. The largest absolute Gasteiger partial charge is 0.503 e. The molecule has 0 saturated heterocycles. The van der Waals surface area contributed by atoms with E-state index in [0.717, 1.165) is 39.4 Å². The quantitative estimate of drug-likeness (QED) is 0.160. The first-order chi connectivity index (χ1) is 18.8. The predicted octanol–water partition coefficient (Wildman–Crippen LogP) is 7.42. The normalized spacial score (nSPS) is 15.5. The number of hydrogen-bond acceptors (Lipinski definition) is 8. The number of carbonyl (C=O) groups is 2. The maximum absolute atomic E-state index is 13.8. The van der Waals surface area contributed by atoms with Crippen molar-refractivity contribution in [2.45, 2.75) is 59.4 Å². The number of carbonyl (C=O) groups excluding carboxylic acids is 2. The van der Waals surface area contributed by atoms with Crippen molar-refractivity contribution in [3.05, 3.63) is 80.5 Å². The fourth-order valence-electron chi connectivity index (χ4n) is 4.80. The van der Waals surface area contributed by atoms with Crippen molar-refractivity contribution >= 4 is 49.7 Å². The van der Waals surface area contributed by atoms with E-state index in [9.17, 15) is 14.7 Å². The number of thiazole rings is 2. The van der Waals surface area contributed by atoms with E-state index in [1.54, 1.807) is 6.92 Å². The van der Waals surface area contributed by atoms with Gasteiger partial charge in [0.1, 0.15) is 5.75 Å². The van der Waals surface area contributed by atoms with Gasteiger partial charge in [-0.1, -0.05) is 55.7 Å². The smallest absolute Gasteiger partial charge is 0.296 e. The van der Waals surface area contributed by atoms with Crippen molar-refractivity contribution in [1.29, 1.82) is 0 Å². The van der Waals surface area contributed by atoms with Crippen LogP contribution >= 0.6 is 22.7 Å². The molecule has 2 aromatic carbocycles. The number of ketones is 1. The molecule has 3 heterocycles. The van der Waals surface area contributed by atoms with Gasteiger partial charge in [-0.05, 0) is 62.6 Å². The molecule has 1 aliphatic heterocycles. The average molecular weight is 562 g/mol. The summed E-state index contributed by atoms with van der Waals surface area (Å²) >= 11 is 2.62. The molecule has 1 aliphatic rings. The number of unbranched alkanes of at least 4 members (excludes halogenated alkanes) is 3. The first-order valence-corrected chi connectivity index (χ1v) is 14.8. The summed E-state index contributed by atoms with van der Waals surface area (Å²) in [6.45, 7) is 8.40. The minimum atomic E-state index is -0.841. The molecule has 1 amide bonds. The van der Waals surface area contributed by atoms with E-state index in [1.165, 1.54) is 40.4 Å². The predicted molar refractivity (Wildman–Crippen MR) is 156 cm³/mol. The van der Waals surface area contributed by atoms with Gasteiger partial charge in [0.15, 0.2) is 10.9 Å². The third-order valence-electron chi connectivity index (χ3n) is 6.76. The summed E-state index contributed by atoms with van der Waals surface area (Å²) in [5, 5.41) is 12.3. The molecular weight excluding hydrogens is 530 g/mol. The minimum absolute atomic E-state index is 0.0374. The van der Waals surface area contributed by atoms with Crippen molar-refractivity contribution in [3.8, 4) is 5.75 Å². The van der Waals surface area contributed by atoms with Crippen LogP contribution in [0.2, 0.25) is 0 Å². The summed E-state index contributed by atoms with van der Waals surface area (Å²) in [4.78, 5) is 38.3. The van der Waals surface area contributed by atoms with Crippen LogP contribution in [0.4, 0.5) is 5.13 Å². The first kappa shape index (κ1) is 27.0. The Kier molecular flexibility index (Phi) is 7.81. The van der Waals surface area contributed by atoms with Crippen LogP contribution in [0.1, 0.15) is 70.1 Å². The molecule has 39 heavy (non-hydrogen) atoms. The van der Waals surface area contributed by atoms with Gasteiger partial charge in [0.25, 0.3) is 5.91 Å². The molecule has 0 fully saturated rings. The number of aromatic nitrogens is 2. The Morgan fingerprint density at radius 3 is 2.49 bits per heavy atom. The van der Waals surface area contributed by atoms with Crippen LogP contribution in [0.5, 0.6) is 5.75 Å². The maximum atomic E-state index is 13.8. The molecule has 0 spiro atoms. The summed E-state index contributed by atoms with van der Waals surface area (Å²) in [6.07, 6.45) is 4.47. The number of fused-ring (bicyclic) bond motifs is 1. The maximum Gasteiger partial charge on any atom is 0.296 e. The van der Waals surface area contributed by atoms with Crippen LogP contribution in [0.3, 0.4) is 0 Å². The Labute approximate surface area is 235 Å². The van der Waals surface area contributed by atoms with Crippen molar-refractivity contribution in [3.63, 3.8) is 0 Å². The van der Waals surface area contributed by atoms with Gasteiger partial charge in [-0.2, -0.15) is 0 Å². The Bertz CT molecular complexity index is 1570. The number of nitrogens with zero attached hydrogens (tertiary/aromatic N) is 3. The number of aryl methyl sites for hydroxylation is 3. The van der Waals surface area contributed by atoms with Crippen LogP contribution in [0, 0.1) is 20.8 Å². The molecule has 0 aliphatic carbocycles. The van der Waals surface area contributed by atoms with Crippen LogP contribution in [-0.2, 0) is 4.79 Å². The fourth-order valence-corrected chi connectivity index (χ4v) is 6.77. The van der Waals surface area contributed by atoms with Gasteiger partial charge in [0, 0.05) is 0 Å². The highest BCUT2D eigenvalue weighted by molar-refractivity contribution is 7.22. The van der Waals surface area contributed by atoms with Gasteiger partial charge in [0.2, 0.25) is 5.78 Å². The van der Waals surface area contributed by atoms with E-state index < -0.39 is 23.5 Å².